The molecular formula is C21H18FN5O2. The number of nitrogens with one attached hydrogen (secondary N) is 2. The van der Waals surface area contributed by atoms with Crippen molar-refractivity contribution in [1.82, 2.24) is 10.1 Å². The van der Waals surface area contributed by atoms with Crippen LogP contribution in [0.4, 0.5) is 15.8 Å². The first kappa shape index (κ1) is 18.6. The maximum Gasteiger partial charge on any atom is 0.258 e. The molecule has 2 N–H and O–H groups in total. The van der Waals surface area contributed by atoms with Gasteiger partial charge in [0.05, 0.1) is 11.3 Å². The van der Waals surface area contributed by atoms with E-state index in [9.17, 15) is 14.4 Å². The standard InChI is InChI=1S/C21H18FN5O2/c1-12(22)11-24-17-5-3-15(9-16(17)10-23)21-26-20(27-29-21)14-2-6-18-13(8-14)4-7-19(28)25-18/h2-3,5-6,8-9,12,24H,4,7,11H2,1H3,(H,25,28). The topological polar surface area (TPSA) is 104 Å². The summed E-state index contributed by atoms with van der Waals surface area (Å²) >= 11 is 0. The van der Waals surface area contributed by atoms with Gasteiger partial charge in [-0.05, 0) is 55.3 Å². The van der Waals surface area contributed by atoms with Crippen molar-refractivity contribution < 1.29 is 13.7 Å². The Bertz CT molecular complexity index is 1120. The largest absolute Gasteiger partial charge is 0.381 e. The van der Waals surface area contributed by atoms with Crippen molar-refractivity contribution in [1.29, 1.82) is 5.26 Å². The number of nitrogens with zero attached hydrogens (tertiary/aromatic N) is 3. The van der Waals surface area contributed by atoms with Gasteiger partial charge in [-0.2, -0.15) is 10.2 Å². The SMILES string of the molecule is CC(F)CNc1ccc(-c2nc(-c3ccc4c(c3)CCC(=O)N4)no2)cc1C#N. The maximum absolute atomic E-state index is 13.1. The second-order valence-electron chi connectivity index (χ2n) is 6.88. The molecule has 0 saturated heterocycles. The lowest BCUT2D eigenvalue weighted by molar-refractivity contribution is -0.116. The van der Waals surface area contributed by atoms with Crippen molar-refractivity contribution in [2.45, 2.75) is 25.9 Å². The number of aromatic nitrogens is 2. The van der Waals surface area contributed by atoms with Gasteiger partial charge in [-0.1, -0.05) is 5.16 Å². The zero-order chi connectivity index (χ0) is 20.4. The van der Waals surface area contributed by atoms with Gasteiger partial charge in [0, 0.05) is 29.8 Å². The number of benzene rings is 2. The van der Waals surface area contributed by atoms with E-state index >= 15 is 0 Å². The molecule has 3 aromatic rings. The summed E-state index contributed by atoms with van der Waals surface area (Å²) in [5, 5.41) is 19.2. The second kappa shape index (κ2) is 7.72. The summed E-state index contributed by atoms with van der Waals surface area (Å²) in [6.45, 7) is 1.57. The molecule has 1 aliphatic heterocycles. The van der Waals surface area contributed by atoms with Gasteiger partial charge in [0.25, 0.3) is 5.89 Å². The zero-order valence-corrected chi connectivity index (χ0v) is 15.7. The van der Waals surface area contributed by atoms with Crippen LogP contribution < -0.4 is 10.6 Å². The Hall–Kier alpha value is -3.73. The molecule has 0 spiro atoms. The quantitative estimate of drug-likeness (QED) is 0.683. The average molecular weight is 391 g/mol. The first-order valence-corrected chi connectivity index (χ1v) is 9.23. The van der Waals surface area contributed by atoms with E-state index in [2.05, 4.69) is 26.8 Å². The number of aryl methyl sites for hydroxylation is 1. The van der Waals surface area contributed by atoms with Crippen molar-refractivity contribution in [3.63, 3.8) is 0 Å². The average Bonchev–Trinajstić information content (AvgIpc) is 3.22. The third-order valence-electron chi connectivity index (χ3n) is 4.65. The lowest BCUT2D eigenvalue weighted by atomic mass is 10.0. The van der Waals surface area contributed by atoms with E-state index in [1.165, 1.54) is 6.92 Å². The number of rotatable bonds is 5. The Morgan fingerprint density at radius 1 is 1.28 bits per heavy atom. The Kier molecular flexibility index (Phi) is 4.96. The highest BCUT2D eigenvalue weighted by molar-refractivity contribution is 5.94. The molecule has 1 aliphatic rings. The van der Waals surface area contributed by atoms with E-state index in [4.69, 9.17) is 4.52 Å². The lowest BCUT2D eigenvalue weighted by Gasteiger charge is -2.16. The molecule has 29 heavy (non-hydrogen) atoms. The van der Waals surface area contributed by atoms with Crippen LogP contribution in [0.3, 0.4) is 0 Å². The predicted octanol–water partition coefficient (Wildman–Crippen LogP) is 3.93. The normalized spacial score (nSPS) is 13.9. The molecule has 0 fully saturated rings. The van der Waals surface area contributed by atoms with Crippen LogP contribution in [0.15, 0.2) is 40.9 Å². The van der Waals surface area contributed by atoms with Crippen LogP contribution in [0.5, 0.6) is 0 Å². The number of alkyl halides is 1. The van der Waals surface area contributed by atoms with E-state index in [1.54, 1.807) is 18.2 Å². The fraction of sp³-hybridized carbons (Fsp3) is 0.238. The van der Waals surface area contributed by atoms with E-state index in [1.807, 2.05) is 18.2 Å². The highest BCUT2D eigenvalue weighted by Crippen LogP contribution is 2.29. The number of nitriles is 1. The number of carbonyl (C=O) groups is 1. The van der Waals surface area contributed by atoms with E-state index in [-0.39, 0.29) is 18.3 Å². The van der Waals surface area contributed by atoms with Crippen LogP contribution >= 0.6 is 0 Å². The fourth-order valence-corrected chi connectivity index (χ4v) is 3.16. The smallest absolute Gasteiger partial charge is 0.258 e. The summed E-state index contributed by atoms with van der Waals surface area (Å²) in [6.07, 6.45) is 0.0913. The molecule has 1 amide bonds. The van der Waals surface area contributed by atoms with Crippen LogP contribution in [0.1, 0.15) is 24.5 Å². The minimum absolute atomic E-state index is 0.0132. The Balaban J connectivity index is 1.59. The summed E-state index contributed by atoms with van der Waals surface area (Å²) in [5.74, 6) is 0.721. The van der Waals surface area contributed by atoms with Crippen molar-refractivity contribution in [2.24, 2.45) is 0 Å². The fourth-order valence-electron chi connectivity index (χ4n) is 3.16. The number of amides is 1. The van der Waals surface area contributed by atoms with Crippen LogP contribution in [-0.2, 0) is 11.2 Å². The van der Waals surface area contributed by atoms with E-state index < -0.39 is 6.17 Å². The van der Waals surface area contributed by atoms with Gasteiger partial charge in [0.15, 0.2) is 0 Å². The van der Waals surface area contributed by atoms with Crippen molar-refractivity contribution in [2.75, 3.05) is 17.2 Å². The summed E-state index contributed by atoms with van der Waals surface area (Å²) in [5.41, 5.74) is 4.13. The molecule has 0 bridgehead atoms. The summed E-state index contributed by atoms with van der Waals surface area (Å²) in [6, 6.07) is 12.8. The number of fused-ring (bicyclic) bond motifs is 1. The number of hydrogen-bond acceptors (Lipinski definition) is 6. The molecule has 8 heteroatoms. The first-order valence-electron chi connectivity index (χ1n) is 9.23. The molecule has 1 unspecified atom stereocenters. The molecule has 7 nitrogen and oxygen atoms in total. The Morgan fingerprint density at radius 3 is 2.90 bits per heavy atom. The van der Waals surface area contributed by atoms with Crippen molar-refractivity contribution in [3.8, 4) is 28.9 Å². The maximum atomic E-state index is 13.1. The highest BCUT2D eigenvalue weighted by Gasteiger charge is 2.18. The number of carbonyl (C=O) groups excluding carboxylic acids is 1. The molecule has 0 saturated carbocycles. The summed E-state index contributed by atoms with van der Waals surface area (Å²) in [7, 11) is 0. The van der Waals surface area contributed by atoms with Gasteiger partial charge in [0.1, 0.15) is 12.2 Å². The number of halogens is 1. The van der Waals surface area contributed by atoms with Gasteiger partial charge < -0.3 is 15.2 Å². The van der Waals surface area contributed by atoms with Crippen molar-refractivity contribution in [3.05, 3.63) is 47.5 Å². The van der Waals surface area contributed by atoms with Crippen molar-refractivity contribution >= 4 is 17.3 Å². The molecule has 2 heterocycles. The minimum Gasteiger partial charge on any atom is -0.381 e. The van der Waals surface area contributed by atoms with Crippen LogP contribution in [-0.4, -0.2) is 28.8 Å². The zero-order valence-electron chi connectivity index (χ0n) is 15.7. The monoisotopic (exact) mass is 391 g/mol. The van der Waals surface area contributed by atoms with E-state index in [0.717, 1.165) is 16.8 Å². The van der Waals surface area contributed by atoms with Gasteiger partial charge in [-0.25, -0.2) is 4.39 Å². The second-order valence-corrected chi connectivity index (χ2v) is 6.88. The minimum atomic E-state index is -1.02. The molecule has 146 valence electrons. The lowest BCUT2D eigenvalue weighted by Crippen LogP contribution is -2.18. The van der Waals surface area contributed by atoms with Gasteiger partial charge >= 0.3 is 0 Å². The molecule has 1 aromatic heterocycles. The number of hydrogen-bond donors (Lipinski definition) is 2. The molecule has 2 aromatic carbocycles. The Morgan fingerprint density at radius 2 is 2.10 bits per heavy atom. The highest BCUT2D eigenvalue weighted by atomic mass is 19.1. The van der Waals surface area contributed by atoms with Crippen LogP contribution in [0.2, 0.25) is 0 Å². The van der Waals surface area contributed by atoms with E-state index in [0.29, 0.717) is 35.5 Å². The predicted molar refractivity (Wildman–Crippen MR) is 106 cm³/mol. The van der Waals surface area contributed by atoms with Gasteiger partial charge in [0.2, 0.25) is 11.7 Å². The summed E-state index contributed by atoms with van der Waals surface area (Å²) in [4.78, 5) is 15.9. The van der Waals surface area contributed by atoms with Gasteiger partial charge in [-0.15, -0.1) is 0 Å². The summed E-state index contributed by atoms with van der Waals surface area (Å²) < 4.78 is 18.4. The number of anilines is 2. The van der Waals surface area contributed by atoms with Gasteiger partial charge in [-0.3, -0.25) is 4.79 Å². The van der Waals surface area contributed by atoms with Crippen LogP contribution in [0, 0.1) is 11.3 Å². The third kappa shape index (κ3) is 3.94. The first-order chi connectivity index (χ1) is 14.0. The molecular weight excluding hydrogens is 373 g/mol. The Labute approximate surface area is 166 Å². The third-order valence-corrected chi connectivity index (χ3v) is 4.65. The molecule has 4 rings (SSSR count). The molecule has 0 radical (unpaired) electrons. The van der Waals surface area contributed by atoms with Crippen LogP contribution in [0.25, 0.3) is 22.8 Å². The molecule has 1 atom stereocenters. The molecule has 0 aliphatic carbocycles.